The number of fused-ring (bicyclic) bond motifs is 1. The molecule has 1 aromatic heterocycles. The SMILES string of the molecule is [C]1CCCc2ccc(-c3cnccn3)cc21. The van der Waals surface area contributed by atoms with Crippen molar-refractivity contribution in [1.29, 1.82) is 0 Å². The quantitative estimate of drug-likeness (QED) is 0.720. The zero-order valence-electron chi connectivity index (χ0n) is 8.98. The lowest BCUT2D eigenvalue weighted by Crippen LogP contribution is -2.00. The number of nitrogens with zero attached hydrogens (tertiary/aromatic N) is 2. The molecule has 1 aliphatic rings. The molecule has 0 saturated carbocycles. The molecule has 2 nitrogen and oxygen atoms in total. The lowest BCUT2D eigenvalue weighted by atomic mass is 9.90. The van der Waals surface area contributed by atoms with Crippen LogP contribution in [-0.4, -0.2) is 9.97 Å². The zero-order valence-corrected chi connectivity index (χ0v) is 8.98. The fraction of sp³-hybridized carbons (Fsp3) is 0.214. The average Bonchev–Trinajstić information content (AvgIpc) is 2.39. The van der Waals surface area contributed by atoms with Crippen LogP contribution in [0.25, 0.3) is 11.3 Å². The van der Waals surface area contributed by atoms with Crippen molar-refractivity contribution in [2.24, 2.45) is 0 Å². The maximum Gasteiger partial charge on any atom is 0.0885 e. The van der Waals surface area contributed by atoms with Gasteiger partial charge >= 0.3 is 0 Å². The van der Waals surface area contributed by atoms with Gasteiger partial charge in [0, 0.05) is 24.4 Å². The maximum atomic E-state index is 4.31. The third-order valence-corrected chi connectivity index (χ3v) is 2.91. The van der Waals surface area contributed by atoms with E-state index in [4.69, 9.17) is 0 Å². The predicted octanol–water partition coefficient (Wildman–Crippen LogP) is 2.91. The van der Waals surface area contributed by atoms with E-state index in [1.807, 2.05) is 0 Å². The van der Waals surface area contributed by atoms with E-state index in [1.165, 1.54) is 24.0 Å². The third-order valence-electron chi connectivity index (χ3n) is 2.91. The summed E-state index contributed by atoms with van der Waals surface area (Å²) in [4.78, 5) is 8.40. The fourth-order valence-electron chi connectivity index (χ4n) is 2.07. The van der Waals surface area contributed by atoms with E-state index in [0.29, 0.717) is 0 Å². The van der Waals surface area contributed by atoms with Gasteiger partial charge in [-0.2, -0.15) is 0 Å². The first-order chi connectivity index (χ1) is 7.93. The summed E-state index contributed by atoms with van der Waals surface area (Å²) in [6.07, 6.45) is 12.1. The highest BCUT2D eigenvalue weighted by Gasteiger charge is 2.10. The van der Waals surface area contributed by atoms with Gasteiger partial charge in [0.15, 0.2) is 0 Å². The standard InChI is InChI=1S/C14H12N2/c1-2-4-12-9-13(6-5-11(12)3-1)14-10-15-7-8-16-14/h5-10H,1-3H2. The number of hydrogen-bond donors (Lipinski definition) is 0. The molecule has 3 rings (SSSR count). The highest BCUT2D eigenvalue weighted by Crippen LogP contribution is 2.27. The molecule has 1 aliphatic carbocycles. The molecular weight excluding hydrogens is 196 g/mol. The Morgan fingerprint density at radius 3 is 3.06 bits per heavy atom. The van der Waals surface area contributed by atoms with Gasteiger partial charge < -0.3 is 0 Å². The Bertz CT molecular complexity index is 491. The van der Waals surface area contributed by atoms with Crippen LogP contribution in [0, 0.1) is 6.42 Å². The van der Waals surface area contributed by atoms with E-state index in [1.54, 1.807) is 18.6 Å². The van der Waals surface area contributed by atoms with E-state index >= 15 is 0 Å². The van der Waals surface area contributed by atoms with Gasteiger partial charge in [0.2, 0.25) is 0 Å². The van der Waals surface area contributed by atoms with Crippen LogP contribution >= 0.6 is 0 Å². The van der Waals surface area contributed by atoms with Crippen LogP contribution in [0.3, 0.4) is 0 Å². The first kappa shape index (κ1) is 9.52. The molecule has 2 heteroatoms. The number of benzene rings is 1. The molecule has 0 atom stereocenters. The Morgan fingerprint density at radius 1 is 1.19 bits per heavy atom. The second-order valence-electron chi connectivity index (χ2n) is 3.99. The first-order valence-electron chi connectivity index (χ1n) is 5.57. The van der Waals surface area contributed by atoms with Gasteiger partial charge in [0.05, 0.1) is 11.9 Å². The van der Waals surface area contributed by atoms with Gasteiger partial charge in [-0.15, -0.1) is 0 Å². The molecule has 0 bridgehead atoms. The Morgan fingerprint density at radius 2 is 2.19 bits per heavy atom. The largest absolute Gasteiger partial charge is 0.261 e. The molecular formula is C14H12N2. The lowest BCUT2D eigenvalue weighted by molar-refractivity contribution is 0.775. The Kier molecular flexibility index (Phi) is 2.41. The minimum Gasteiger partial charge on any atom is -0.261 e. The van der Waals surface area contributed by atoms with Gasteiger partial charge in [-0.1, -0.05) is 12.1 Å². The number of aryl methyl sites for hydroxylation is 1. The summed E-state index contributed by atoms with van der Waals surface area (Å²) in [6, 6.07) is 6.47. The van der Waals surface area contributed by atoms with E-state index in [0.717, 1.165) is 17.7 Å². The van der Waals surface area contributed by atoms with Crippen LogP contribution in [0.1, 0.15) is 24.0 Å². The minimum atomic E-state index is 0.928. The molecule has 0 amide bonds. The van der Waals surface area contributed by atoms with Crippen molar-refractivity contribution in [1.82, 2.24) is 9.97 Å². The molecule has 0 spiro atoms. The molecule has 0 saturated heterocycles. The number of aromatic nitrogens is 2. The number of rotatable bonds is 1. The highest BCUT2D eigenvalue weighted by atomic mass is 14.8. The predicted molar refractivity (Wildman–Crippen MR) is 62.8 cm³/mol. The van der Waals surface area contributed by atoms with Crippen LogP contribution < -0.4 is 0 Å². The molecule has 1 aromatic carbocycles. The fourth-order valence-corrected chi connectivity index (χ4v) is 2.07. The first-order valence-corrected chi connectivity index (χ1v) is 5.57. The van der Waals surface area contributed by atoms with Gasteiger partial charge in [-0.05, 0) is 36.5 Å². The van der Waals surface area contributed by atoms with E-state index in [2.05, 4.69) is 34.6 Å². The molecule has 0 unspecified atom stereocenters. The van der Waals surface area contributed by atoms with Gasteiger partial charge in [0.25, 0.3) is 0 Å². The second-order valence-corrected chi connectivity index (χ2v) is 3.99. The van der Waals surface area contributed by atoms with Crippen LogP contribution in [0.15, 0.2) is 36.8 Å². The third kappa shape index (κ3) is 1.71. The molecule has 0 fully saturated rings. The maximum absolute atomic E-state index is 4.31. The van der Waals surface area contributed by atoms with Crippen molar-refractivity contribution in [3.05, 3.63) is 54.3 Å². The summed E-state index contributed by atoms with van der Waals surface area (Å²) in [7, 11) is 0. The van der Waals surface area contributed by atoms with Gasteiger partial charge in [0.1, 0.15) is 0 Å². The minimum absolute atomic E-state index is 0.928. The topological polar surface area (TPSA) is 25.8 Å². The molecule has 0 aliphatic heterocycles. The summed E-state index contributed by atoms with van der Waals surface area (Å²) in [6.45, 7) is 0. The van der Waals surface area contributed by atoms with Crippen LogP contribution in [0.5, 0.6) is 0 Å². The normalized spacial score (nSPS) is 14.5. The van der Waals surface area contributed by atoms with Crippen molar-refractivity contribution >= 4 is 0 Å². The van der Waals surface area contributed by atoms with Crippen molar-refractivity contribution in [3.63, 3.8) is 0 Å². The van der Waals surface area contributed by atoms with Gasteiger partial charge in [-0.3, -0.25) is 9.97 Å². The molecule has 1 heterocycles. The molecule has 0 N–H and O–H groups in total. The molecule has 16 heavy (non-hydrogen) atoms. The van der Waals surface area contributed by atoms with Crippen LogP contribution in [0.2, 0.25) is 0 Å². The Labute approximate surface area is 95.4 Å². The van der Waals surface area contributed by atoms with Crippen molar-refractivity contribution in [3.8, 4) is 11.3 Å². The number of hydrogen-bond acceptors (Lipinski definition) is 2. The van der Waals surface area contributed by atoms with E-state index in [-0.39, 0.29) is 0 Å². The smallest absolute Gasteiger partial charge is 0.0885 e. The Balaban J connectivity index is 2.03. The summed E-state index contributed by atoms with van der Waals surface area (Å²) < 4.78 is 0. The van der Waals surface area contributed by atoms with Crippen LogP contribution in [0.4, 0.5) is 0 Å². The van der Waals surface area contributed by atoms with E-state index < -0.39 is 0 Å². The zero-order chi connectivity index (χ0) is 10.8. The van der Waals surface area contributed by atoms with Crippen LogP contribution in [-0.2, 0) is 6.42 Å². The van der Waals surface area contributed by atoms with Gasteiger partial charge in [-0.25, -0.2) is 0 Å². The lowest BCUT2D eigenvalue weighted by Gasteiger charge is -2.15. The second kappa shape index (κ2) is 4.05. The molecule has 78 valence electrons. The van der Waals surface area contributed by atoms with Crippen molar-refractivity contribution in [2.75, 3.05) is 0 Å². The van der Waals surface area contributed by atoms with Crippen molar-refractivity contribution in [2.45, 2.75) is 19.3 Å². The molecule has 2 aromatic rings. The monoisotopic (exact) mass is 208 g/mol. The summed E-state index contributed by atoms with van der Waals surface area (Å²) in [5.41, 5.74) is 4.70. The average molecular weight is 208 g/mol. The van der Waals surface area contributed by atoms with Crippen molar-refractivity contribution < 1.29 is 0 Å². The summed E-state index contributed by atoms with van der Waals surface area (Å²) >= 11 is 0. The van der Waals surface area contributed by atoms with E-state index in [9.17, 15) is 0 Å². The molecule has 2 radical (unpaired) electrons. The summed E-state index contributed by atoms with van der Waals surface area (Å²) in [5.74, 6) is 0. The Hall–Kier alpha value is -1.70. The highest BCUT2D eigenvalue weighted by molar-refractivity contribution is 5.61. The summed E-state index contributed by atoms with van der Waals surface area (Å²) in [5, 5.41) is 0.